The Bertz CT molecular complexity index is 2140. The number of benzene rings is 3. The molecule has 0 aromatic heterocycles. The number of fused-ring (bicyclic) bond motifs is 4. The van der Waals surface area contributed by atoms with Crippen LogP contribution in [0.2, 0.25) is 0 Å². The van der Waals surface area contributed by atoms with Gasteiger partial charge in [0.15, 0.2) is 33.0 Å². The molecule has 7 rings (SSSR count). The Morgan fingerprint density at radius 3 is 2.12 bits per heavy atom. The van der Waals surface area contributed by atoms with Crippen LogP contribution in [0.3, 0.4) is 0 Å². The summed E-state index contributed by atoms with van der Waals surface area (Å²) in [6.45, 7) is 0. The molecule has 6 atom stereocenters. The van der Waals surface area contributed by atoms with Crippen molar-refractivity contribution < 1.29 is 56.1 Å². The van der Waals surface area contributed by atoms with Crippen LogP contribution in [0.5, 0.6) is 5.75 Å². The first kappa shape index (κ1) is 34.1. The fourth-order valence-electron chi connectivity index (χ4n) is 7.70. The number of carbonyl (C=O) groups excluding carboxylic acids is 4. The number of allylic oxidation sites excluding steroid dienone is 2. The van der Waals surface area contributed by atoms with Gasteiger partial charge in [-0.3, -0.25) is 24.1 Å². The molecular formula is C33H18BrCl2F5N2O7. The van der Waals surface area contributed by atoms with Crippen molar-refractivity contribution in [3.63, 3.8) is 0 Å². The van der Waals surface area contributed by atoms with Gasteiger partial charge in [0.1, 0.15) is 11.4 Å². The van der Waals surface area contributed by atoms with Crippen molar-refractivity contribution in [2.24, 2.45) is 17.8 Å². The van der Waals surface area contributed by atoms with Crippen LogP contribution in [0.1, 0.15) is 34.7 Å². The number of carboxylic acid groups (broad SMARTS) is 1. The number of amides is 4. The first-order valence-corrected chi connectivity index (χ1v) is 16.2. The molecule has 9 nitrogen and oxygen atoms in total. The molecule has 1 saturated carbocycles. The number of phenols is 1. The normalized spacial score (nSPS) is 28.8. The summed E-state index contributed by atoms with van der Waals surface area (Å²) in [6, 6.07) is 8.92. The molecule has 2 aliphatic heterocycles. The zero-order valence-electron chi connectivity index (χ0n) is 24.7. The number of aromatic carboxylic acids is 1. The van der Waals surface area contributed by atoms with E-state index in [1.165, 1.54) is 42.5 Å². The number of hydrogen-bond acceptors (Lipinski definition) is 6. The number of hydrogen-bond donors (Lipinski definition) is 2. The van der Waals surface area contributed by atoms with Crippen molar-refractivity contribution in [2.45, 2.75) is 28.5 Å². The minimum Gasteiger partial charge on any atom is -0.508 e. The van der Waals surface area contributed by atoms with E-state index in [2.05, 4.69) is 15.9 Å². The summed E-state index contributed by atoms with van der Waals surface area (Å²) in [5.74, 6) is -24.5. The zero-order valence-corrected chi connectivity index (χ0v) is 27.8. The Balaban J connectivity index is 1.43. The summed E-state index contributed by atoms with van der Waals surface area (Å²) < 4.78 is 73.5. The molecule has 2 N–H and O–H groups in total. The monoisotopic (exact) mass is 798 g/mol. The summed E-state index contributed by atoms with van der Waals surface area (Å²) in [5, 5.41) is 20.5. The van der Waals surface area contributed by atoms with Gasteiger partial charge in [0.25, 0.3) is 11.8 Å². The smallest absolute Gasteiger partial charge is 0.335 e. The van der Waals surface area contributed by atoms with Crippen LogP contribution in [0, 0.1) is 46.8 Å². The minimum atomic E-state index is -2.81. The maximum Gasteiger partial charge on any atom is 0.335 e. The van der Waals surface area contributed by atoms with Gasteiger partial charge in [0.05, 0.1) is 23.1 Å². The predicted molar refractivity (Wildman–Crippen MR) is 168 cm³/mol. The van der Waals surface area contributed by atoms with E-state index in [1.54, 1.807) is 0 Å². The van der Waals surface area contributed by atoms with E-state index < -0.39 is 110 Å². The first-order chi connectivity index (χ1) is 23.5. The Kier molecular flexibility index (Phi) is 7.74. The Hall–Kier alpha value is -4.34. The van der Waals surface area contributed by atoms with Crippen molar-refractivity contribution in [3.05, 3.63) is 98.8 Å². The third-order valence-corrected chi connectivity index (χ3v) is 11.8. The molecule has 258 valence electrons. The fraction of sp³-hybridized carbons (Fsp3) is 0.242. The standard InChI is InChI=1S/C33H18BrCl2F5N2O7/c34-12-4-7-18(44)16(9-12)20-14-5-6-15-19(28(46)42(27(15)45)13-3-1-2-11(8-13)29(47)48)17(14)10-32(35)30(49)43(31(50)33(20,32)36)26-24(40)22(38)21(37)23(39)25(26)41/h1-5,7-9,15,17,19-20,44H,6,10H2,(H,47,48)/t15-,17+,19-,20+,32+,33-/m0/s1. The summed E-state index contributed by atoms with van der Waals surface area (Å²) in [5.41, 5.74) is -2.24. The van der Waals surface area contributed by atoms with Crippen LogP contribution >= 0.6 is 39.1 Å². The lowest BCUT2D eigenvalue weighted by Gasteiger charge is -2.50. The molecular weight excluding hydrogens is 782 g/mol. The van der Waals surface area contributed by atoms with Gasteiger partial charge >= 0.3 is 5.97 Å². The lowest BCUT2D eigenvalue weighted by Crippen LogP contribution is -2.60. The molecule has 3 aromatic carbocycles. The average molecular weight is 800 g/mol. The van der Waals surface area contributed by atoms with Crippen LogP contribution in [0.15, 0.2) is 58.6 Å². The van der Waals surface area contributed by atoms with Crippen molar-refractivity contribution in [1.82, 2.24) is 0 Å². The number of carbonyl (C=O) groups is 5. The minimum absolute atomic E-state index is 0.0651. The Morgan fingerprint density at radius 2 is 1.48 bits per heavy atom. The molecule has 0 bridgehead atoms. The highest BCUT2D eigenvalue weighted by Gasteiger charge is 2.77. The summed E-state index contributed by atoms with van der Waals surface area (Å²) in [7, 11) is 0. The first-order valence-electron chi connectivity index (χ1n) is 14.6. The van der Waals surface area contributed by atoms with Crippen LogP contribution in [0.25, 0.3) is 0 Å². The Labute approximate surface area is 296 Å². The van der Waals surface area contributed by atoms with E-state index in [0.717, 1.165) is 11.0 Å². The molecule has 3 aromatic rings. The SMILES string of the molecule is O=C(O)c1cccc(N2C(=O)[C@H]3[C@H](CC=C4[C@H]3C[C@@]3(Cl)C(=O)N(c5c(F)c(F)c(F)c(F)c5F)C(=O)[C@@]3(Cl)[C@H]4c3cc(Br)ccc3O)C2=O)c1. The van der Waals surface area contributed by atoms with Crippen LogP contribution in [-0.2, 0) is 19.2 Å². The largest absolute Gasteiger partial charge is 0.508 e. The second-order valence-corrected chi connectivity index (χ2v) is 14.4. The highest BCUT2D eigenvalue weighted by Crippen LogP contribution is 2.67. The third-order valence-electron chi connectivity index (χ3n) is 9.87. The zero-order chi connectivity index (χ0) is 36.4. The number of halogens is 8. The van der Waals surface area contributed by atoms with Gasteiger partial charge in [-0.2, -0.15) is 0 Å². The van der Waals surface area contributed by atoms with Crippen LogP contribution < -0.4 is 9.80 Å². The van der Waals surface area contributed by atoms with Gasteiger partial charge in [-0.05, 0) is 55.2 Å². The topological polar surface area (TPSA) is 132 Å². The van der Waals surface area contributed by atoms with Crippen LogP contribution in [-0.4, -0.2) is 49.6 Å². The van der Waals surface area contributed by atoms with Crippen molar-refractivity contribution >= 4 is 80.1 Å². The number of imide groups is 2. The van der Waals surface area contributed by atoms with Crippen LogP contribution in [0.4, 0.5) is 33.3 Å². The number of alkyl halides is 2. The molecule has 50 heavy (non-hydrogen) atoms. The number of phenolic OH excluding ortho intramolecular Hbond substituents is 1. The molecule has 0 unspecified atom stereocenters. The Morgan fingerprint density at radius 1 is 0.840 bits per heavy atom. The number of nitrogens with zero attached hydrogens (tertiary/aromatic N) is 2. The maximum absolute atomic E-state index is 15.2. The van der Waals surface area contributed by atoms with E-state index in [-0.39, 0.29) is 33.7 Å². The number of rotatable bonds is 4. The van der Waals surface area contributed by atoms with Gasteiger partial charge < -0.3 is 10.2 Å². The van der Waals surface area contributed by atoms with Gasteiger partial charge in [-0.25, -0.2) is 31.6 Å². The summed E-state index contributed by atoms with van der Waals surface area (Å²) in [6.07, 6.45) is 0.584. The molecule has 17 heteroatoms. The number of anilines is 2. The van der Waals surface area contributed by atoms with Gasteiger partial charge in [-0.1, -0.05) is 33.6 Å². The third kappa shape index (κ3) is 4.32. The highest BCUT2D eigenvalue weighted by molar-refractivity contribution is 9.10. The van der Waals surface area contributed by atoms with Crippen molar-refractivity contribution in [2.75, 3.05) is 9.80 Å². The molecule has 2 heterocycles. The lowest BCUT2D eigenvalue weighted by atomic mass is 9.56. The predicted octanol–water partition coefficient (Wildman–Crippen LogP) is 6.32. The van der Waals surface area contributed by atoms with E-state index in [0.29, 0.717) is 4.47 Å². The molecule has 4 aliphatic rings. The van der Waals surface area contributed by atoms with Crippen molar-refractivity contribution in [3.8, 4) is 5.75 Å². The number of carboxylic acids is 1. The van der Waals surface area contributed by atoms with E-state index in [9.17, 15) is 47.4 Å². The quantitative estimate of drug-likeness (QED) is 0.0790. The molecule has 4 amide bonds. The van der Waals surface area contributed by atoms with E-state index >= 15 is 8.78 Å². The molecule has 0 radical (unpaired) electrons. The van der Waals surface area contributed by atoms with E-state index in [1.807, 2.05) is 0 Å². The van der Waals surface area contributed by atoms with Crippen molar-refractivity contribution in [1.29, 1.82) is 0 Å². The van der Waals surface area contributed by atoms with Gasteiger partial charge in [-0.15, -0.1) is 23.2 Å². The van der Waals surface area contributed by atoms with Gasteiger partial charge in [0, 0.05) is 16.0 Å². The van der Waals surface area contributed by atoms with Gasteiger partial charge in [0.2, 0.25) is 17.6 Å². The fourth-order valence-corrected chi connectivity index (χ4v) is 9.01. The second-order valence-electron chi connectivity index (χ2n) is 12.3. The lowest BCUT2D eigenvalue weighted by molar-refractivity contribution is -0.125. The van der Waals surface area contributed by atoms with E-state index in [4.69, 9.17) is 23.2 Å². The second kappa shape index (κ2) is 11.3. The summed E-state index contributed by atoms with van der Waals surface area (Å²) in [4.78, 5) is 63.0. The number of aromatic hydroxyl groups is 1. The molecule has 3 fully saturated rings. The summed E-state index contributed by atoms with van der Waals surface area (Å²) >= 11 is 17.4. The highest BCUT2D eigenvalue weighted by atomic mass is 79.9. The average Bonchev–Trinajstić information content (AvgIpc) is 3.42. The molecule has 2 aliphatic carbocycles. The molecule has 2 saturated heterocycles. The molecule has 0 spiro atoms. The maximum atomic E-state index is 15.2.